The standard InChI is InChI=1S/C20H28N6O/c1-15-5-7-18(8-6-15)26-20(21-22-23-26)24-12-9-17(10-13-24)19(27)25-11-3-4-16(2)14-25/h5-8,16-17H,3-4,9-14H2,1-2H3/t16-/m1/s1. The minimum Gasteiger partial charge on any atom is -0.342 e. The number of amides is 1. The first kappa shape index (κ1) is 17.9. The van der Waals surface area contributed by atoms with Crippen molar-refractivity contribution in [2.75, 3.05) is 31.1 Å². The van der Waals surface area contributed by atoms with Gasteiger partial charge in [0.25, 0.3) is 0 Å². The Morgan fingerprint density at radius 3 is 2.52 bits per heavy atom. The van der Waals surface area contributed by atoms with Gasteiger partial charge in [-0.25, -0.2) is 0 Å². The summed E-state index contributed by atoms with van der Waals surface area (Å²) in [7, 11) is 0. The van der Waals surface area contributed by atoms with Crippen molar-refractivity contribution in [1.29, 1.82) is 0 Å². The van der Waals surface area contributed by atoms with Crippen molar-refractivity contribution >= 4 is 11.9 Å². The SMILES string of the molecule is Cc1ccc(-n2nnnc2N2CCC(C(=O)N3CCC[C@@H](C)C3)CC2)cc1. The lowest BCUT2D eigenvalue weighted by molar-refractivity contribution is -0.137. The van der Waals surface area contributed by atoms with Gasteiger partial charge in [0.05, 0.1) is 5.69 Å². The Kier molecular flexibility index (Phi) is 5.09. The van der Waals surface area contributed by atoms with Gasteiger partial charge in [-0.3, -0.25) is 4.79 Å². The normalized spacial score (nSPS) is 21.5. The fraction of sp³-hybridized carbons (Fsp3) is 0.600. The van der Waals surface area contributed by atoms with Gasteiger partial charge in [0, 0.05) is 32.1 Å². The van der Waals surface area contributed by atoms with Crippen LogP contribution in [0, 0.1) is 18.8 Å². The molecule has 0 radical (unpaired) electrons. The number of hydrogen-bond acceptors (Lipinski definition) is 5. The van der Waals surface area contributed by atoms with Crippen LogP contribution in [0.1, 0.15) is 38.2 Å². The zero-order chi connectivity index (χ0) is 18.8. The Hall–Kier alpha value is -2.44. The van der Waals surface area contributed by atoms with Crippen LogP contribution in [0.2, 0.25) is 0 Å². The highest BCUT2D eigenvalue weighted by Crippen LogP contribution is 2.26. The highest BCUT2D eigenvalue weighted by molar-refractivity contribution is 5.79. The number of nitrogens with zero attached hydrogens (tertiary/aromatic N) is 6. The molecular weight excluding hydrogens is 340 g/mol. The van der Waals surface area contributed by atoms with E-state index in [0.29, 0.717) is 11.8 Å². The largest absolute Gasteiger partial charge is 0.342 e. The molecule has 7 nitrogen and oxygen atoms in total. The highest BCUT2D eigenvalue weighted by Gasteiger charge is 2.31. The molecule has 2 saturated heterocycles. The molecule has 2 aliphatic heterocycles. The first-order valence-corrected chi connectivity index (χ1v) is 10.0. The van der Waals surface area contributed by atoms with Crippen LogP contribution in [0.15, 0.2) is 24.3 Å². The number of anilines is 1. The Balaban J connectivity index is 1.41. The van der Waals surface area contributed by atoms with Crippen molar-refractivity contribution < 1.29 is 4.79 Å². The molecule has 27 heavy (non-hydrogen) atoms. The van der Waals surface area contributed by atoms with E-state index in [1.807, 2.05) is 12.1 Å². The Morgan fingerprint density at radius 1 is 1.07 bits per heavy atom. The molecule has 0 bridgehead atoms. The van der Waals surface area contributed by atoms with Gasteiger partial charge < -0.3 is 9.80 Å². The molecule has 1 atom stereocenters. The molecule has 7 heteroatoms. The second-order valence-electron chi connectivity index (χ2n) is 8.02. The summed E-state index contributed by atoms with van der Waals surface area (Å²) in [4.78, 5) is 17.2. The molecule has 144 valence electrons. The number of hydrogen-bond donors (Lipinski definition) is 0. The molecule has 2 aromatic rings. The molecule has 1 amide bonds. The average Bonchev–Trinajstić information content (AvgIpc) is 3.18. The third-order valence-electron chi connectivity index (χ3n) is 5.83. The Morgan fingerprint density at radius 2 is 1.81 bits per heavy atom. The van der Waals surface area contributed by atoms with Crippen molar-refractivity contribution in [3.05, 3.63) is 29.8 Å². The highest BCUT2D eigenvalue weighted by atomic mass is 16.2. The summed E-state index contributed by atoms with van der Waals surface area (Å²) in [5, 5.41) is 12.3. The van der Waals surface area contributed by atoms with E-state index in [1.54, 1.807) is 4.68 Å². The van der Waals surface area contributed by atoms with Crippen molar-refractivity contribution in [2.24, 2.45) is 11.8 Å². The van der Waals surface area contributed by atoms with Crippen LogP contribution in [-0.2, 0) is 4.79 Å². The molecule has 2 aliphatic rings. The monoisotopic (exact) mass is 368 g/mol. The molecule has 1 aromatic carbocycles. The number of benzene rings is 1. The number of tetrazole rings is 1. The lowest BCUT2D eigenvalue weighted by Crippen LogP contribution is -2.46. The molecular formula is C20H28N6O. The summed E-state index contributed by atoms with van der Waals surface area (Å²) >= 11 is 0. The van der Waals surface area contributed by atoms with Gasteiger partial charge >= 0.3 is 0 Å². The molecule has 1 aromatic heterocycles. The van der Waals surface area contributed by atoms with Crippen molar-refractivity contribution in [3.8, 4) is 5.69 Å². The number of likely N-dealkylation sites (tertiary alicyclic amines) is 1. The summed E-state index contributed by atoms with van der Waals surface area (Å²) in [5.74, 6) is 1.87. The van der Waals surface area contributed by atoms with Crippen molar-refractivity contribution in [3.63, 3.8) is 0 Å². The lowest BCUT2D eigenvalue weighted by Gasteiger charge is -2.37. The van der Waals surface area contributed by atoms with Crippen LogP contribution >= 0.6 is 0 Å². The second-order valence-corrected chi connectivity index (χ2v) is 8.02. The van der Waals surface area contributed by atoms with Gasteiger partial charge in [0.1, 0.15) is 0 Å². The van der Waals surface area contributed by atoms with Gasteiger partial charge in [-0.2, -0.15) is 4.68 Å². The lowest BCUT2D eigenvalue weighted by atomic mass is 9.93. The predicted octanol–water partition coefficient (Wildman–Crippen LogP) is 2.45. The maximum atomic E-state index is 12.9. The number of aryl methyl sites for hydroxylation is 1. The molecule has 0 aliphatic carbocycles. The van der Waals surface area contributed by atoms with Gasteiger partial charge in [-0.1, -0.05) is 29.7 Å². The van der Waals surface area contributed by atoms with Crippen LogP contribution in [0.5, 0.6) is 0 Å². The molecule has 3 heterocycles. The van der Waals surface area contributed by atoms with E-state index in [1.165, 1.54) is 12.0 Å². The topological polar surface area (TPSA) is 67.2 Å². The predicted molar refractivity (Wildman–Crippen MR) is 104 cm³/mol. The average molecular weight is 368 g/mol. The first-order chi connectivity index (χ1) is 13.1. The van der Waals surface area contributed by atoms with Gasteiger partial charge in [-0.05, 0) is 61.1 Å². The van der Waals surface area contributed by atoms with Crippen LogP contribution in [-0.4, -0.2) is 57.2 Å². The maximum Gasteiger partial charge on any atom is 0.250 e. The molecule has 0 spiro atoms. The number of carbonyl (C=O) groups excluding carboxylic acids is 1. The number of rotatable bonds is 3. The van der Waals surface area contributed by atoms with E-state index < -0.39 is 0 Å². The Labute approximate surface area is 160 Å². The smallest absolute Gasteiger partial charge is 0.250 e. The maximum absolute atomic E-state index is 12.9. The fourth-order valence-electron chi connectivity index (χ4n) is 4.21. The van der Waals surface area contributed by atoms with Gasteiger partial charge in [0.2, 0.25) is 11.9 Å². The summed E-state index contributed by atoms with van der Waals surface area (Å²) in [6.45, 7) is 7.78. The first-order valence-electron chi connectivity index (χ1n) is 10.0. The minimum atomic E-state index is 0.134. The minimum absolute atomic E-state index is 0.134. The van der Waals surface area contributed by atoms with E-state index in [0.717, 1.165) is 57.1 Å². The molecule has 0 saturated carbocycles. The summed E-state index contributed by atoms with van der Waals surface area (Å²) in [6.07, 6.45) is 4.11. The summed E-state index contributed by atoms with van der Waals surface area (Å²) in [5.41, 5.74) is 2.17. The quantitative estimate of drug-likeness (QED) is 0.832. The van der Waals surface area contributed by atoms with E-state index in [2.05, 4.69) is 51.3 Å². The third-order valence-corrected chi connectivity index (χ3v) is 5.83. The van der Waals surface area contributed by atoms with E-state index in [4.69, 9.17) is 0 Å². The fourth-order valence-corrected chi connectivity index (χ4v) is 4.21. The molecule has 2 fully saturated rings. The number of aromatic nitrogens is 4. The van der Waals surface area contributed by atoms with Gasteiger partial charge in [-0.15, -0.1) is 0 Å². The summed E-state index contributed by atoms with van der Waals surface area (Å²) < 4.78 is 1.79. The molecule has 0 N–H and O–H groups in total. The zero-order valence-corrected chi connectivity index (χ0v) is 16.2. The van der Waals surface area contributed by atoms with E-state index >= 15 is 0 Å². The van der Waals surface area contributed by atoms with E-state index in [-0.39, 0.29) is 5.92 Å². The Bertz CT molecular complexity index is 778. The number of piperidine rings is 2. The number of carbonyl (C=O) groups is 1. The van der Waals surface area contributed by atoms with Gasteiger partial charge in [0.15, 0.2) is 0 Å². The molecule has 4 rings (SSSR count). The summed E-state index contributed by atoms with van der Waals surface area (Å²) in [6, 6.07) is 8.18. The zero-order valence-electron chi connectivity index (χ0n) is 16.2. The van der Waals surface area contributed by atoms with E-state index in [9.17, 15) is 4.79 Å². The van der Waals surface area contributed by atoms with Crippen LogP contribution in [0.4, 0.5) is 5.95 Å². The van der Waals surface area contributed by atoms with Crippen molar-refractivity contribution in [1.82, 2.24) is 25.1 Å². The third kappa shape index (κ3) is 3.82. The van der Waals surface area contributed by atoms with Crippen LogP contribution in [0.3, 0.4) is 0 Å². The van der Waals surface area contributed by atoms with Crippen LogP contribution < -0.4 is 4.90 Å². The van der Waals surface area contributed by atoms with Crippen LogP contribution in [0.25, 0.3) is 5.69 Å². The molecule has 0 unspecified atom stereocenters. The van der Waals surface area contributed by atoms with Crippen molar-refractivity contribution in [2.45, 2.75) is 39.5 Å². The second kappa shape index (κ2) is 7.66.